The van der Waals surface area contributed by atoms with Gasteiger partial charge in [0, 0.05) is 40.5 Å². The zero-order valence-electron chi connectivity index (χ0n) is 83.7. The molecule has 0 saturated carbocycles. The summed E-state index contributed by atoms with van der Waals surface area (Å²) in [4.78, 5) is 81.5. The Labute approximate surface area is 857 Å². The van der Waals surface area contributed by atoms with E-state index in [0.717, 1.165) is 20.8 Å². The number of likely N-dealkylation sites (N-methyl/N-ethyl adjacent to an activating group) is 2. The van der Waals surface area contributed by atoms with Crippen LogP contribution in [-0.2, 0) is 128 Å². The molecule has 0 aromatic rings. The lowest BCUT2D eigenvalue weighted by molar-refractivity contribution is -0.399. The van der Waals surface area contributed by atoms with E-state index in [1.54, 1.807) is 6.92 Å². The molecule has 62 nitrogen and oxygen atoms in total. The molecule has 11 fully saturated rings. The molecule has 11 aliphatic rings. The predicted molar refractivity (Wildman–Crippen MR) is 479 cm³/mol. The highest BCUT2D eigenvalue weighted by Crippen LogP contribution is 2.45. The summed E-state index contributed by atoms with van der Waals surface area (Å²) in [6.07, 6.45) is -102. The van der Waals surface area contributed by atoms with Crippen molar-refractivity contribution in [1.29, 1.82) is 0 Å². The van der Waals surface area contributed by atoms with Crippen molar-refractivity contribution in [2.45, 2.75) is 429 Å². The first-order valence-electron chi connectivity index (χ1n) is 49.2. The van der Waals surface area contributed by atoms with Crippen molar-refractivity contribution >= 4 is 35.6 Å². The van der Waals surface area contributed by atoms with Gasteiger partial charge in [0.25, 0.3) is 11.6 Å². The zero-order chi connectivity index (χ0) is 111. The van der Waals surface area contributed by atoms with Crippen molar-refractivity contribution in [3.63, 3.8) is 0 Å². The van der Waals surface area contributed by atoms with Crippen molar-refractivity contribution in [3.05, 3.63) is 0 Å². The molecule has 150 heavy (non-hydrogen) atoms. The van der Waals surface area contributed by atoms with E-state index in [0.29, 0.717) is 6.42 Å². The third kappa shape index (κ3) is 27.7. The fourth-order valence-corrected chi connectivity index (χ4v) is 20.5. The van der Waals surface area contributed by atoms with Gasteiger partial charge in [-0.05, 0) is 53.9 Å². The summed E-state index contributed by atoms with van der Waals surface area (Å²) in [6.45, 7) is -1.64. The van der Waals surface area contributed by atoms with Crippen molar-refractivity contribution in [1.82, 2.24) is 31.1 Å². The number of carboxylic acids is 2. The number of hydrogen-bond acceptors (Lipinski definition) is 56. The second-order valence-corrected chi connectivity index (χ2v) is 39.5. The van der Waals surface area contributed by atoms with E-state index in [4.69, 9.17) is 99.5 Å². The number of ether oxygens (including phenoxy) is 21. The second-order valence-electron chi connectivity index (χ2n) is 39.5. The summed E-state index contributed by atoms with van der Waals surface area (Å²) < 4.78 is 128. The zero-order valence-corrected chi connectivity index (χ0v) is 83.7. The van der Waals surface area contributed by atoms with Crippen LogP contribution < -0.4 is 21.3 Å². The van der Waals surface area contributed by atoms with E-state index >= 15 is 0 Å². The first kappa shape index (κ1) is 125. The summed E-state index contributed by atoms with van der Waals surface area (Å²) in [5, 5.41) is 343. The van der Waals surface area contributed by atoms with Crippen LogP contribution in [0.5, 0.6) is 0 Å². The fraction of sp³-hybridized carbons (Fsp3) is 0.932. The number of nitrogens with one attached hydrogen (secondary N) is 4. The fourth-order valence-electron chi connectivity index (χ4n) is 20.5. The molecule has 0 aliphatic carbocycles. The van der Waals surface area contributed by atoms with Crippen molar-refractivity contribution in [2.24, 2.45) is 0 Å². The van der Waals surface area contributed by atoms with Crippen molar-refractivity contribution in [2.75, 3.05) is 87.7 Å². The minimum Gasteiger partial charge on any atom is -0.477 e. The maximum atomic E-state index is 13.4. The van der Waals surface area contributed by atoms with Crippen molar-refractivity contribution < 1.29 is 276 Å². The SMILES string of the molecule is CC[C@@H]1OC(CO)[C@@H](O[C@@H]2OC(CO)[C@@H](O[C@@H]3OC(CO[C@H]4OC(CO)[C@@H](O)[C@H](O)C4O[C@@H]4OC(CO)[C@@H](O[C@@H]5OC(CO[C@]6(C(=O)O)C[C@@H](O)[C@@H](N(C)C)C([C@H](O)[C@H](O)CC)O6)[C@H](O)[C@H](O)C5O)[C@H](O)C4NC(C)=O)[C@@H](O)[C@H](O[C@@H]4OC(CO)[C@H](O)C(O)[C@@H]4O[C@@H]4OC(CO)[C@@H](O[C@@H]5OC(CO[C@]6(C(=O)O)C[C@@H](O)[C@@H](N(C)C)C([C@H](O)[C@H](O)CC)O6)[C@H](O)[C@H](O)C5O)[C@H](O)C4NC(C)=O)C3O)[C@H](O)C2NC(C)=O)CC1NC(C)=O. The van der Waals surface area contributed by atoms with Crippen LogP contribution in [-0.4, -0.2) is 623 Å². The molecule has 4 amide bonds. The third-order valence-corrected chi connectivity index (χ3v) is 28.6. The summed E-state index contributed by atoms with van der Waals surface area (Å²) in [6, 6.07) is -9.09. The van der Waals surface area contributed by atoms with Gasteiger partial charge < -0.3 is 279 Å². The number of amides is 4. The van der Waals surface area contributed by atoms with E-state index in [2.05, 4.69) is 21.3 Å². The van der Waals surface area contributed by atoms with E-state index < -0.39 is 450 Å². The monoisotopic (exact) mass is 2190 g/mol. The molecule has 11 heterocycles. The maximum absolute atomic E-state index is 13.4. The Hall–Kier alpha value is -5.18. The van der Waals surface area contributed by atoms with Gasteiger partial charge in [0.15, 0.2) is 50.3 Å². The normalized spacial score (nSPS) is 46.2. The summed E-state index contributed by atoms with van der Waals surface area (Å²) in [5.74, 6) is -13.1. The van der Waals surface area contributed by atoms with Gasteiger partial charge in [0.1, 0.15) is 226 Å². The molecule has 56 atom stereocenters. The van der Waals surface area contributed by atoms with Crippen LogP contribution in [0.15, 0.2) is 0 Å². The molecule has 0 aromatic heterocycles. The topological polar surface area (TPSA) is 938 Å². The van der Waals surface area contributed by atoms with Crippen LogP contribution in [0.4, 0.5) is 0 Å². The lowest BCUT2D eigenvalue weighted by Gasteiger charge is -2.51. The smallest absolute Gasteiger partial charge is 0.364 e. The first-order chi connectivity index (χ1) is 70.7. The quantitative estimate of drug-likeness (QED) is 0.0269. The molecule has 0 bridgehead atoms. The number of aliphatic hydroxyl groups excluding tert-OH is 27. The molecule has 11 aliphatic heterocycles. The highest BCUT2D eigenvalue weighted by molar-refractivity contribution is 5.77. The Morgan fingerprint density at radius 2 is 0.640 bits per heavy atom. The van der Waals surface area contributed by atoms with Crippen LogP contribution >= 0.6 is 0 Å². The van der Waals surface area contributed by atoms with Crippen LogP contribution in [0.1, 0.15) is 87.0 Å². The summed E-state index contributed by atoms with van der Waals surface area (Å²) in [5.41, 5.74) is 0. The molecule has 20 unspecified atom stereocenters. The molecule has 0 aromatic carbocycles. The van der Waals surface area contributed by atoms with Crippen LogP contribution in [0.25, 0.3) is 0 Å². The van der Waals surface area contributed by atoms with Crippen LogP contribution in [0, 0.1) is 0 Å². The van der Waals surface area contributed by atoms with Crippen LogP contribution in [0.2, 0.25) is 0 Å². The summed E-state index contributed by atoms with van der Waals surface area (Å²) >= 11 is 0. The molecule has 11 saturated heterocycles. The average molecular weight is 2190 g/mol. The molecule has 868 valence electrons. The molecular weight excluding hydrogens is 2040 g/mol. The second kappa shape index (κ2) is 54.1. The van der Waals surface area contributed by atoms with Crippen LogP contribution in [0.3, 0.4) is 0 Å². The average Bonchev–Trinajstić information content (AvgIpc) is 0.779. The number of aliphatic hydroxyl groups is 27. The van der Waals surface area contributed by atoms with Gasteiger partial charge in [-0.1, -0.05) is 20.8 Å². The van der Waals surface area contributed by atoms with E-state index in [9.17, 15) is 177 Å². The highest BCUT2D eigenvalue weighted by atomic mass is 16.8. The number of rotatable bonds is 44. The number of carbonyl (C=O) groups is 6. The van der Waals surface area contributed by atoms with Gasteiger partial charge in [-0.25, -0.2) is 9.59 Å². The Kier molecular flexibility index (Phi) is 45.1. The third-order valence-electron chi connectivity index (χ3n) is 28.6. The first-order valence-corrected chi connectivity index (χ1v) is 49.2. The number of nitrogens with zero attached hydrogens (tertiary/aromatic N) is 2. The van der Waals surface area contributed by atoms with Gasteiger partial charge in [-0.15, -0.1) is 0 Å². The van der Waals surface area contributed by atoms with E-state index in [1.165, 1.54) is 58.8 Å². The number of hydrogen-bond donors (Lipinski definition) is 33. The van der Waals surface area contributed by atoms with Gasteiger partial charge in [0.2, 0.25) is 23.6 Å². The van der Waals surface area contributed by atoms with E-state index in [1.807, 2.05) is 0 Å². The lowest BCUT2D eigenvalue weighted by atomic mass is 9.87. The minimum absolute atomic E-state index is 0.0772. The van der Waals surface area contributed by atoms with Gasteiger partial charge in [-0.3, -0.25) is 19.2 Å². The Morgan fingerprint density at radius 3 is 0.980 bits per heavy atom. The summed E-state index contributed by atoms with van der Waals surface area (Å²) in [7, 11) is 5.85. The van der Waals surface area contributed by atoms with E-state index in [-0.39, 0.29) is 19.3 Å². The molecule has 62 heteroatoms. The maximum Gasteiger partial charge on any atom is 0.364 e. The molecule has 0 radical (unpaired) electrons. The number of carboxylic acid groups (broad SMARTS) is 2. The van der Waals surface area contributed by atoms with Gasteiger partial charge >= 0.3 is 11.9 Å². The largest absolute Gasteiger partial charge is 0.477 e. The molecule has 11 rings (SSSR count). The van der Waals surface area contributed by atoms with Gasteiger partial charge in [-0.2, -0.15) is 0 Å². The molecule has 33 N–H and O–H groups in total. The predicted octanol–water partition coefficient (Wildman–Crippen LogP) is -19.5. The highest BCUT2D eigenvalue weighted by Gasteiger charge is 2.65. The van der Waals surface area contributed by atoms with Crippen molar-refractivity contribution in [3.8, 4) is 0 Å². The number of aliphatic carboxylic acids is 2. The Morgan fingerprint density at radius 1 is 0.327 bits per heavy atom. The number of carbonyl (C=O) groups excluding carboxylic acids is 4. The molecule has 0 spiro atoms. The molecular formula is C88H150N6O56. The standard InChI is InChI=1S/C88H150N6O56/c1-12-32(105)52(109)72-50(93(8)9)34(107)16-87(149-72,85(126)127)131-25-45-56(113)62(119)66(123)80(141-45)143-69-42(22-99)138-78(48(60(69)117)91-29(6)103)147-75-64(121)54(111)39(19-96)135-83(75)130-24-44-58(115)74(68(125)82(140-44)145-71-41(21-98)137-77(47(59(71)116)90-28(5)102)134-37-15-31(89-27(4)101)36(14-3)133-38(37)18-95)146-84-76(65(122)55(112)40(20-97)136-84)148-79-49(92-30(7)104)61(118)70(43(23-100)139-79)144-81-67(124)63(120)57(114)46(142-81)26-132-88(86(128)129)17-35(108)51(94(10)11)73(150-88)53(110)33(106)13-2/h31-84,95-100,105-125H,12-26H2,1-11H3,(H,89,101)(H,90,102)(H,91,103)(H,92,104)(H,126,127)(H,128,129)/t31?,32-,33-,34-,35-,36+,37+,38?,39?,40?,41?,42?,43?,44?,45?,46?,47?,48?,49?,50-,51-,52-,53-,54-,55+,56+,57+,58-,59-,60-,61-,62+,63+,64+,65?,66?,67?,68?,69-,70-,71-,72?,73?,74+,75?,76+,77-,78+,79+,80+,81+,82+,83+,84+,87-,88-/m1/s1. The minimum atomic E-state index is -2.92. The Balaban J connectivity index is 0.887. The lowest BCUT2D eigenvalue weighted by Crippen LogP contribution is -2.70. The Bertz CT molecular complexity index is 4240. The van der Waals surface area contributed by atoms with Gasteiger partial charge in [0.05, 0.1) is 114 Å².